The molecule has 0 bridgehead atoms. The van der Waals surface area contributed by atoms with Crippen molar-refractivity contribution in [3.05, 3.63) is 0 Å². The normalized spacial score (nSPS) is 23.1. The molecule has 3 nitrogen and oxygen atoms in total. The molecule has 2 N–H and O–H groups in total. The lowest BCUT2D eigenvalue weighted by molar-refractivity contribution is 0.326. The van der Waals surface area contributed by atoms with Crippen molar-refractivity contribution >= 4 is 5.96 Å². The minimum absolute atomic E-state index is 0.475. The second kappa shape index (κ2) is 5.74. The maximum Gasteiger partial charge on any atom is 0.191 e. The van der Waals surface area contributed by atoms with Crippen molar-refractivity contribution in [3.8, 4) is 0 Å². The van der Waals surface area contributed by atoms with Gasteiger partial charge in [0.15, 0.2) is 5.96 Å². The number of guanidine groups is 1. The van der Waals surface area contributed by atoms with E-state index in [0.717, 1.165) is 18.4 Å². The number of hydrogen-bond acceptors (Lipinski definition) is 1. The van der Waals surface area contributed by atoms with Crippen LogP contribution in [0, 0.1) is 5.92 Å². The van der Waals surface area contributed by atoms with Crippen molar-refractivity contribution in [1.29, 1.82) is 0 Å². The van der Waals surface area contributed by atoms with Crippen LogP contribution in [0.3, 0.4) is 0 Å². The van der Waals surface area contributed by atoms with Crippen LogP contribution in [-0.2, 0) is 0 Å². The molecule has 3 heteroatoms. The average molecular weight is 237 g/mol. The summed E-state index contributed by atoms with van der Waals surface area (Å²) in [6, 6.07) is 0.965. The molecule has 2 aliphatic carbocycles. The highest BCUT2D eigenvalue weighted by molar-refractivity contribution is 5.78. The van der Waals surface area contributed by atoms with Crippen molar-refractivity contribution < 1.29 is 0 Å². The van der Waals surface area contributed by atoms with Crippen LogP contribution < -0.4 is 5.73 Å². The second-order valence-electron chi connectivity index (χ2n) is 5.97. The summed E-state index contributed by atoms with van der Waals surface area (Å²) in [7, 11) is 0. The Morgan fingerprint density at radius 3 is 2.35 bits per heavy atom. The highest BCUT2D eigenvalue weighted by Crippen LogP contribution is 2.30. The van der Waals surface area contributed by atoms with Gasteiger partial charge >= 0.3 is 0 Å². The first kappa shape index (κ1) is 12.7. The lowest BCUT2D eigenvalue weighted by Gasteiger charge is -2.29. The third-order valence-corrected chi connectivity index (χ3v) is 3.96. The maximum absolute atomic E-state index is 6.20. The molecule has 0 heterocycles. The third-order valence-electron chi connectivity index (χ3n) is 3.96. The molecule has 2 aliphatic rings. The second-order valence-corrected chi connectivity index (χ2v) is 5.97. The molecule has 0 aromatic carbocycles. The predicted molar refractivity (Wildman–Crippen MR) is 73.1 cm³/mol. The molecule has 0 radical (unpaired) electrons. The van der Waals surface area contributed by atoms with E-state index in [9.17, 15) is 0 Å². The van der Waals surface area contributed by atoms with Gasteiger partial charge in [-0.1, -0.05) is 19.3 Å². The van der Waals surface area contributed by atoms with E-state index >= 15 is 0 Å². The van der Waals surface area contributed by atoms with E-state index in [1.165, 1.54) is 44.9 Å². The van der Waals surface area contributed by atoms with E-state index in [4.69, 9.17) is 10.7 Å². The highest BCUT2D eigenvalue weighted by atomic mass is 15.3. The average Bonchev–Trinajstić information content (AvgIpc) is 3.10. The van der Waals surface area contributed by atoms with Gasteiger partial charge in [-0.2, -0.15) is 0 Å². The highest BCUT2D eigenvalue weighted by Gasteiger charge is 2.26. The van der Waals surface area contributed by atoms with Gasteiger partial charge in [0.2, 0.25) is 0 Å². The summed E-state index contributed by atoms with van der Waals surface area (Å²) < 4.78 is 0. The van der Waals surface area contributed by atoms with Crippen molar-refractivity contribution in [2.45, 2.75) is 70.9 Å². The van der Waals surface area contributed by atoms with Crippen molar-refractivity contribution in [2.24, 2.45) is 16.6 Å². The minimum Gasteiger partial charge on any atom is -0.370 e. The molecule has 0 atom stereocenters. The van der Waals surface area contributed by atoms with Gasteiger partial charge in [0.05, 0.1) is 6.04 Å². The summed E-state index contributed by atoms with van der Waals surface area (Å²) >= 11 is 0. The molecule has 17 heavy (non-hydrogen) atoms. The fourth-order valence-electron chi connectivity index (χ4n) is 2.62. The van der Waals surface area contributed by atoms with E-state index in [1.807, 2.05) is 0 Å². The monoisotopic (exact) mass is 237 g/mol. The summed E-state index contributed by atoms with van der Waals surface area (Å²) in [6.07, 6.45) is 9.24. The zero-order chi connectivity index (χ0) is 12.3. The molecule has 0 aromatic heterocycles. The molecular formula is C14H27N3. The Labute approximate surface area is 105 Å². The molecule has 0 saturated heterocycles. The van der Waals surface area contributed by atoms with Crippen LogP contribution in [-0.4, -0.2) is 29.5 Å². The fraction of sp³-hybridized carbons (Fsp3) is 0.929. The number of nitrogens with two attached hydrogens (primary N) is 1. The predicted octanol–water partition coefficient (Wildman–Crippen LogP) is 2.75. The maximum atomic E-state index is 6.20. The molecule has 2 rings (SSSR count). The molecular weight excluding hydrogens is 210 g/mol. The van der Waals surface area contributed by atoms with Crippen LogP contribution in [0.25, 0.3) is 0 Å². The van der Waals surface area contributed by atoms with E-state index < -0.39 is 0 Å². The van der Waals surface area contributed by atoms with Crippen molar-refractivity contribution in [2.75, 3.05) is 6.54 Å². The SMILES string of the molecule is CC(C)N(CC1CC1)C(N)=NC1CCCCC1. The van der Waals surface area contributed by atoms with Gasteiger partial charge in [0.1, 0.15) is 0 Å². The Morgan fingerprint density at radius 1 is 1.18 bits per heavy atom. The Kier molecular flexibility index (Phi) is 4.30. The van der Waals surface area contributed by atoms with Crippen molar-refractivity contribution in [3.63, 3.8) is 0 Å². The van der Waals surface area contributed by atoms with E-state index in [2.05, 4.69) is 18.7 Å². The molecule has 0 amide bonds. The number of hydrogen-bond donors (Lipinski definition) is 1. The molecule has 2 fully saturated rings. The standard InChI is InChI=1S/C14H27N3/c1-11(2)17(10-12-8-9-12)14(15)16-13-6-4-3-5-7-13/h11-13H,3-10H2,1-2H3,(H2,15,16). The summed E-state index contributed by atoms with van der Waals surface area (Å²) in [6.45, 7) is 5.54. The molecule has 0 aliphatic heterocycles. The third kappa shape index (κ3) is 3.90. The summed E-state index contributed by atoms with van der Waals surface area (Å²) in [5, 5.41) is 0. The number of rotatable bonds is 4. The number of nitrogens with zero attached hydrogens (tertiary/aromatic N) is 2. The topological polar surface area (TPSA) is 41.6 Å². The van der Waals surface area contributed by atoms with Crippen molar-refractivity contribution in [1.82, 2.24) is 4.90 Å². The van der Waals surface area contributed by atoms with Crippen LogP contribution in [0.5, 0.6) is 0 Å². The van der Waals surface area contributed by atoms with Gasteiger partial charge < -0.3 is 10.6 Å². The molecule has 0 aromatic rings. The summed E-state index contributed by atoms with van der Waals surface area (Å²) in [5.74, 6) is 1.66. The first-order valence-electron chi connectivity index (χ1n) is 7.26. The van der Waals surface area contributed by atoms with Crippen LogP contribution in [0.15, 0.2) is 4.99 Å². The van der Waals surface area contributed by atoms with E-state index in [0.29, 0.717) is 12.1 Å². The number of aliphatic imine (C=N–C) groups is 1. The van der Waals surface area contributed by atoms with Gasteiger partial charge in [0.25, 0.3) is 0 Å². The molecule has 0 spiro atoms. The molecule has 98 valence electrons. The Balaban J connectivity index is 1.92. The van der Waals surface area contributed by atoms with E-state index in [1.54, 1.807) is 0 Å². The quantitative estimate of drug-likeness (QED) is 0.603. The Morgan fingerprint density at radius 2 is 1.82 bits per heavy atom. The fourth-order valence-corrected chi connectivity index (χ4v) is 2.62. The zero-order valence-corrected chi connectivity index (χ0v) is 11.4. The smallest absolute Gasteiger partial charge is 0.191 e. The van der Waals surface area contributed by atoms with Gasteiger partial charge in [-0.15, -0.1) is 0 Å². The van der Waals surface area contributed by atoms with Gasteiger partial charge in [-0.3, -0.25) is 0 Å². The van der Waals surface area contributed by atoms with Gasteiger partial charge in [-0.05, 0) is 45.4 Å². The van der Waals surface area contributed by atoms with Crippen LogP contribution in [0.2, 0.25) is 0 Å². The Hall–Kier alpha value is -0.730. The lowest BCUT2D eigenvalue weighted by atomic mass is 9.96. The first-order valence-corrected chi connectivity index (χ1v) is 7.26. The zero-order valence-electron chi connectivity index (χ0n) is 11.4. The van der Waals surface area contributed by atoms with Crippen LogP contribution >= 0.6 is 0 Å². The van der Waals surface area contributed by atoms with Gasteiger partial charge in [-0.25, -0.2) is 4.99 Å². The summed E-state index contributed by atoms with van der Waals surface area (Å²) in [5.41, 5.74) is 6.20. The molecule has 0 unspecified atom stereocenters. The van der Waals surface area contributed by atoms with Gasteiger partial charge in [0, 0.05) is 12.6 Å². The lowest BCUT2D eigenvalue weighted by Crippen LogP contribution is -2.44. The largest absolute Gasteiger partial charge is 0.370 e. The van der Waals surface area contributed by atoms with Crippen LogP contribution in [0.4, 0.5) is 0 Å². The van der Waals surface area contributed by atoms with E-state index in [-0.39, 0.29) is 0 Å². The Bertz CT molecular complexity index is 263. The first-order chi connectivity index (χ1) is 8.16. The minimum atomic E-state index is 0.475. The summed E-state index contributed by atoms with van der Waals surface area (Å²) in [4.78, 5) is 7.06. The molecule has 2 saturated carbocycles. The van der Waals surface area contributed by atoms with Crippen LogP contribution in [0.1, 0.15) is 58.8 Å².